The van der Waals surface area contributed by atoms with Gasteiger partial charge in [0.1, 0.15) is 11.3 Å². The lowest BCUT2D eigenvalue weighted by Crippen LogP contribution is -2.46. The largest absolute Gasteiger partial charge is 0.417 e. The molecule has 2 aliphatic rings. The van der Waals surface area contributed by atoms with Crippen LogP contribution in [0.4, 0.5) is 13.2 Å². The second-order valence-electron chi connectivity index (χ2n) is 11.6. The highest BCUT2D eigenvalue weighted by molar-refractivity contribution is 9.10. The number of halogens is 4. The maximum absolute atomic E-state index is 14.3. The van der Waals surface area contributed by atoms with Gasteiger partial charge in [-0.2, -0.15) is 33.7 Å². The van der Waals surface area contributed by atoms with Crippen molar-refractivity contribution in [3.8, 4) is 16.9 Å². The number of alkyl halides is 3. The fraction of sp³-hybridized carbons (Fsp3) is 0.323. The van der Waals surface area contributed by atoms with Crippen molar-refractivity contribution in [2.75, 3.05) is 0 Å². The summed E-state index contributed by atoms with van der Waals surface area (Å²) >= 11 is 2.95. The number of hydrogen-bond acceptors (Lipinski definition) is 5. The van der Waals surface area contributed by atoms with E-state index in [4.69, 9.17) is 5.10 Å². The Morgan fingerprint density at radius 3 is 2.52 bits per heavy atom. The molecule has 1 fully saturated rings. The molecular weight excluding hydrogens is 639 g/mol. The fourth-order valence-corrected chi connectivity index (χ4v) is 6.51. The highest BCUT2D eigenvalue weighted by Gasteiger charge is 2.37. The average Bonchev–Trinajstić information content (AvgIpc) is 3.56. The van der Waals surface area contributed by atoms with Crippen molar-refractivity contribution in [3.05, 3.63) is 97.1 Å². The molecule has 13 heteroatoms. The minimum absolute atomic E-state index is 0.0360. The quantitative estimate of drug-likeness (QED) is 0.252. The number of H-pyrrole nitrogens is 1. The highest BCUT2D eigenvalue weighted by Crippen LogP contribution is 2.37. The van der Waals surface area contributed by atoms with Crippen LogP contribution in [0.3, 0.4) is 0 Å². The minimum Gasteiger partial charge on any atom is -0.330 e. The van der Waals surface area contributed by atoms with Crippen molar-refractivity contribution in [2.24, 2.45) is 5.92 Å². The third-order valence-electron chi connectivity index (χ3n) is 8.55. The second kappa shape index (κ2) is 10.4. The van der Waals surface area contributed by atoms with Gasteiger partial charge in [0.2, 0.25) is 0 Å². The van der Waals surface area contributed by atoms with Crippen LogP contribution < -0.4 is 5.56 Å². The number of benzene rings is 2. The minimum atomic E-state index is -4.62. The number of aryl methyl sites for hydroxylation is 1. The Morgan fingerprint density at radius 2 is 1.86 bits per heavy atom. The van der Waals surface area contributed by atoms with E-state index in [0.29, 0.717) is 28.5 Å². The Morgan fingerprint density at radius 1 is 1.11 bits per heavy atom. The van der Waals surface area contributed by atoms with Crippen LogP contribution in [0.5, 0.6) is 0 Å². The Kier molecular flexibility index (Phi) is 6.76. The lowest BCUT2D eigenvalue weighted by atomic mass is 9.97. The molecule has 1 atom stereocenters. The van der Waals surface area contributed by atoms with Crippen LogP contribution in [-0.4, -0.2) is 46.4 Å². The predicted molar refractivity (Wildman–Crippen MR) is 160 cm³/mol. The number of rotatable bonds is 5. The number of carbonyl (C=O) groups excluding carboxylic acids is 1. The number of fused-ring (bicyclic) bond motifs is 3. The smallest absolute Gasteiger partial charge is 0.330 e. The number of hydrogen-bond donors (Lipinski definition) is 1. The molecule has 0 radical (unpaired) electrons. The Balaban J connectivity index is 1.33. The summed E-state index contributed by atoms with van der Waals surface area (Å²) in [5.74, 6) is -0.0130. The zero-order valence-corrected chi connectivity index (χ0v) is 25.4. The maximum Gasteiger partial charge on any atom is 0.417 e. The van der Waals surface area contributed by atoms with Crippen LogP contribution in [0.2, 0.25) is 0 Å². The summed E-state index contributed by atoms with van der Waals surface area (Å²) in [7, 11) is 0. The number of amides is 1. The molecule has 1 amide bonds. The van der Waals surface area contributed by atoms with Gasteiger partial charge < -0.3 is 4.90 Å². The molecular formula is C31H27BrF3N7O2. The Bertz CT molecular complexity index is 1990. The third-order valence-corrected chi connectivity index (χ3v) is 9.24. The van der Waals surface area contributed by atoms with Crippen molar-refractivity contribution in [1.82, 2.24) is 34.5 Å². The molecule has 226 valence electrons. The van der Waals surface area contributed by atoms with Gasteiger partial charge in [0.05, 0.1) is 35.4 Å². The molecule has 7 rings (SSSR count). The van der Waals surface area contributed by atoms with Gasteiger partial charge in [-0.1, -0.05) is 28.1 Å². The molecule has 1 aliphatic carbocycles. The first-order valence-corrected chi connectivity index (χ1v) is 15.1. The van der Waals surface area contributed by atoms with Crippen LogP contribution >= 0.6 is 15.9 Å². The summed E-state index contributed by atoms with van der Waals surface area (Å²) in [6, 6.07) is 10.6. The van der Waals surface area contributed by atoms with Gasteiger partial charge in [0, 0.05) is 32.8 Å². The van der Waals surface area contributed by atoms with Gasteiger partial charge >= 0.3 is 6.18 Å². The SMILES string of the molecule is Cc1n[nH]nc1-c1ccc(-n2c(=O)c3c(n4ncc(CC5CC5)c24)CN(C(=O)c2ccc(Br)c(C(F)(F)F)c2)C(C)C3)cc1. The summed E-state index contributed by atoms with van der Waals surface area (Å²) in [4.78, 5) is 29.5. The lowest BCUT2D eigenvalue weighted by molar-refractivity contribution is -0.138. The van der Waals surface area contributed by atoms with Crippen LogP contribution in [0, 0.1) is 12.8 Å². The maximum atomic E-state index is 14.3. The summed E-state index contributed by atoms with van der Waals surface area (Å²) < 4.78 is 44.1. The van der Waals surface area contributed by atoms with Crippen LogP contribution in [0.1, 0.15) is 58.2 Å². The standard InChI is InChI=1S/C31H27BrF3N7O2/c1-16-11-23-26(15-40(16)29(43)20-7-10-25(32)24(13-20)31(33,34)35)42-28(21(14-36-42)12-18-3-4-18)41(30(23)44)22-8-5-19(6-9-22)27-17(2)37-39-38-27/h5-10,13-14,16,18H,3-4,11-12,15H2,1-2H3,(H,37,38,39). The first kappa shape index (κ1) is 28.5. The molecule has 9 nitrogen and oxygen atoms in total. The van der Waals surface area contributed by atoms with Gasteiger partial charge in [0.15, 0.2) is 0 Å². The van der Waals surface area contributed by atoms with E-state index in [1.165, 1.54) is 17.0 Å². The van der Waals surface area contributed by atoms with Crippen molar-refractivity contribution < 1.29 is 18.0 Å². The first-order valence-electron chi connectivity index (χ1n) is 14.3. The van der Waals surface area contributed by atoms with Crippen molar-refractivity contribution in [2.45, 2.75) is 58.3 Å². The van der Waals surface area contributed by atoms with Crippen molar-refractivity contribution in [1.29, 1.82) is 0 Å². The normalized spacial score (nSPS) is 16.9. The molecule has 0 spiro atoms. The monoisotopic (exact) mass is 665 g/mol. The van der Waals surface area contributed by atoms with Crippen LogP contribution in [0.15, 0.2) is 57.9 Å². The molecule has 4 heterocycles. The summed E-state index contributed by atoms with van der Waals surface area (Å²) in [6.07, 6.45) is 0.399. The molecule has 3 aromatic heterocycles. The van der Waals surface area contributed by atoms with Gasteiger partial charge in [0.25, 0.3) is 11.5 Å². The molecule has 5 aromatic rings. The van der Waals surface area contributed by atoms with E-state index in [1.54, 1.807) is 22.2 Å². The molecule has 2 aromatic carbocycles. The fourth-order valence-electron chi connectivity index (χ4n) is 6.04. The lowest BCUT2D eigenvalue weighted by Gasteiger charge is -2.35. The van der Waals surface area contributed by atoms with Gasteiger partial charge in [-0.05, 0) is 75.8 Å². The number of carbonyl (C=O) groups is 1. The van der Waals surface area contributed by atoms with Crippen molar-refractivity contribution in [3.63, 3.8) is 0 Å². The molecule has 0 saturated heterocycles. The Hall–Kier alpha value is -4.26. The summed E-state index contributed by atoms with van der Waals surface area (Å²) in [5, 5.41) is 15.6. The molecule has 0 bridgehead atoms. The number of nitrogens with zero attached hydrogens (tertiary/aromatic N) is 6. The zero-order valence-electron chi connectivity index (χ0n) is 23.8. The molecule has 1 saturated carbocycles. The number of aromatic amines is 1. The van der Waals surface area contributed by atoms with Crippen LogP contribution in [-0.2, 0) is 25.6 Å². The van der Waals surface area contributed by atoms with E-state index >= 15 is 0 Å². The van der Waals surface area contributed by atoms with Crippen LogP contribution in [0.25, 0.3) is 22.6 Å². The number of aromatic nitrogens is 6. The first-order chi connectivity index (χ1) is 21.0. The van der Waals surface area contributed by atoms with E-state index in [0.717, 1.165) is 47.8 Å². The van der Waals surface area contributed by atoms with E-state index in [-0.39, 0.29) is 28.6 Å². The third kappa shape index (κ3) is 4.83. The molecule has 1 aliphatic heterocycles. The summed E-state index contributed by atoms with van der Waals surface area (Å²) in [6.45, 7) is 3.70. The predicted octanol–water partition coefficient (Wildman–Crippen LogP) is 5.90. The molecule has 44 heavy (non-hydrogen) atoms. The topological polar surface area (TPSA) is 101 Å². The second-order valence-corrected chi connectivity index (χ2v) is 12.5. The van der Waals surface area contributed by atoms with Crippen molar-refractivity contribution >= 4 is 27.5 Å². The average molecular weight is 667 g/mol. The Labute approximate surface area is 257 Å². The van der Waals surface area contributed by atoms with E-state index in [9.17, 15) is 22.8 Å². The zero-order chi connectivity index (χ0) is 30.9. The van der Waals surface area contributed by atoms with E-state index in [2.05, 4.69) is 31.3 Å². The highest BCUT2D eigenvalue weighted by atomic mass is 79.9. The molecule has 1 N–H and O–H groups in total. The molecule has 1 unspecified atom stereocenters. The van der Waals surface area contributed by atoms with E-state index in [1.807, 2.05) is 31.2 Å². The van der Waals surface area contributed by atoms with Gasteiger partial charge in [-0.15, -0.1) is 0 Å². The summed E-state index contributed by atoms with van der Waals surface area (Å²) in [5.41, 5.74) is 4.50. The van der Waals surface area contributed by atoms with Gasteiger partial charge in [-0.25, -0.2) is 4.52 Å². The van der Waals surface area contributed by atoms with Gasteiger partial charge in [-0.3, -0.25) is 14.2 Å². The van der Waals surface area contributed by atoms with E-state index < -0.39 is 23.7 Å². The number of nitrogens with one attached hydrogen (secondary N) is 1.